The topological polar surface area (TPSA) is 113 Å². The van der Waals surface area contributed by atoms with Crippen molar-refractivity contribution in [3.05, 3.63) is 59.7 Å². The molecule has 2 aromatic carbocycles. The Morgan fingerprint density at radius 1 is 1.05 bits per heavy atom. The van der Waals surface area contributed by atoms with Crippen molar-refractivity contribution in [3.8, 4) is 5.75 Å². The molecule has 1 saturated carbocycles. The van der Waals surface area contributed by atoms with E-state index in [4.69, 9.17) is 4.74 Å². The lowest BCUT2D eigenvalue weighted by Crippen LogP contribution is -2.53. The summed E-state index contributed by atoms with van der Waals surface area (Å²) in [7, 11) is -2.34. The van der Waals surface area contributed by atoms with Crippen LogP contribution < -0.4 is 14.4 Å². The number of rotatable bonds is 12. The van der Waals surface area contributed by atoms with Gasteiger partial charge in [-0.2, -0.15) is 0 Å². The van der Waals surface area contributed by atoms with Crippen molar-refractivity contribution in [3.63, 3.8) is 0 Å². The highest BCUT2D eigenvalue weighted by atomic mass is 32.2. The number of ketones is 1. The number of carbonyl (C=O) groups excluding carboxylic acids is 3. The molecule has 39 heavy (non-hydrogen) atoms. The van der Waals surface area contributed by atoms with Gasteiger partial charge in [0.1, 0.15) is 18.3 Å². The highest BCUT2D eigenvalue weighted by molar-refractivity contribution is 7.92. The molecular formula is C29H39N3O6S. The Morgan fingerprint density at radius 2 is 1.74 bits per heavy atom. The van der Waals surface area contributed by atoms with Crippen LogP contribution >= 0.6 is 0 Å². The number of amides is 2. The third-order valence-electron chi connectivity index (χ3n) is 7.04. The van der Waals surface area contributed by atoms with Crippen LogP contribution in [0.3, 0.4) is 0 Å². The molecule has 3 rings (SSSR count). The summed E-state index contributed by atoms with van der Waals surface area (Å²) in [6.07, 6.45) is 6.43. The van der Waals surface area contributed by atoms with Crippen LogP contribution in [0.15, 0.2) is 48.5 Å². The molecule has 0 aliphatic heterocycles. The van der Waals surface area contributed by atoms with Crippen LogP contribution in [0.1, 0.15) is 68.3 Å². The summed E-state index contributed by atoms with van der Waals surface area (Å²) in [4.78, 5) is 40.7. The van der Waals surface area contributed by atoms with E-state index in [-0.39, 0.29) is 30.0 Å². The third-order valence-corrected chi connectivity index (χ3v) is 8.18. The maximum absolute atomic E-state index is 13.9. The molecule has 0 bridgehead atoms. The van der Waals surface area contributed by atoms with Gasteiger partial charge in [0.15, 0.2) is 5.78 Å². The second kappa shape index (κ2) is 13.6. The molecule has 212 valence electrons. The molecule has 0 spiro atoms. The van der Waals surface area contributed by atoms with Crippen LogP contribution in [-0.4, -0.2) is 62.9 Å². The molecule has 0 heterocycles. The summed E-state index contributed by atoms with van der Waals surface area (Å²) in [6.45, 7) is 2.80. The standard InChI is InChI=1S/C29H39N3O6S/c1-5-27(29(35)30-24-13-7-6-8-14-24)31(19-22-11-9-16-26(17-22)38-3)28(34)20-32(39(4,36)37)25-15-10-12-23(18-25)21(2)33/h9-12,15-18,24,27H,5-8,13-14,19-20H2,1-4H3,(H,30,35)/t27-/m0/s1. The first-order chi connectivity index (χ1) is 18.5. The number of Topliss-reactive ketones (excluding diaryl/α,β-unsaturated/α-hetero) is 1. The molecule has 1 N–H and O–H groups in total. The summed E-state index contributed by atoms with van der Waals surface area (Å²) >= 11 is 0. The first kappa shape index (κ1) is 30.1. The number of anilines is 1. The molecule has 0 unspecified atom stereocenters. The molecule has 2 aromatic rings. The number of hydrogen-bond donors (Lipinski definition) is 1. The number of nitrogens with one attached hydrogen (secondary N) is 1. The summed E-state index contributed by atoms with van der Waals surface area (Å²) in [6, 6.07) is 12.6. The molecule has 0 aromatic heterocycles. The fourth-order valence-corrected chi connectivity index (χ4v) is 5.77. The largest absolute Gasteiger partial charge is 0.497 e. The number of carbonyl (C=O) groups is 3. The van der Waals surface area contributed by atoms with E-state index >= 15 is 0 Å². The maximum atomic E-state index is 13.9. The zero-order chi connectivity index (χ0) is 28.6. The average molecular weight is 558 g/mol. The van der Waals surface area contributed by atoms with Crippen LogP contribution in [-0.2, 0) is 26.2 Å². The predicted octanol–water partition coefficient (Wildman–Crippen LogP) is 3.92. The Labute approximate surface area is 231 Å². The number of nitrogens with zero attached hydrogens (tertiary/aromatic N) is 2. The van der Waals surface area contributed by atoms with Gasteiger partial charge in [-0.15, -0.1) is 0 Å². The monoisotopic (exact) mass is 557 g/mol. The summed E-state index contributed by atoms with van der Waals surface area (Å²) in [5.74, 6) is -0.382. The molecule has 1 atom stereocenters. The first-order valence-electron chi connectivity index (χ1n) is 13.3. The number of hydrogen-bond acceptors (Lipinski definition) is 6. The SMILES string of the molecule is CC[C@@H](C(=O)NC1CCCCC1)N(Cc1cccc(OC)c1)C(=O)CN(c1cccc(C(C)=O)c1)S(C)(=O)=O. The predicted molar refractivity (Wildman–Crippen MR) is 151 cm³/mol. The van der Waals surface area contributed by atoms with Crippen molar-refractivity contribution < 1.29 is 27.5 Å². The lowest BCUT2D eigenvalue weighted by atomic mass is 9.95. The minimum atomic E-state index is -3.89. The second-order valence-electron chi connectivity index (χ2n) is 10.0. The van der Waals surface area contributed by atoms with Crippen molar-refractivity contribution in [2.24, 2.45) is 0 Å². The summed E-state index contributed by atoms with van der Waals surface area (Å²) in [5, 5.41) is 3.12. The van der Waals surface area contributed by atoms with Crippen molar-refractivity contribution >= 4 is 33.3 Å². The molecule has 10 heteroatoms. The highest BCUT2D eigenvalue weighted by Gasteiger charge is 2.33. The van der Waals surface area contributed by atoms with Gasteiger partial charge in [-0.1, -0.05) is 50.5 Å². The lowest BCUT2D eigenvalue weighted by Gasteiger charge is -2.34. The van der Waals surface area contributed by atoms with E-state index in [1.54, 1.807) is 43.5 Å². The van der Waals surface area contributed by atoms with Crippen molar-refractivity contribution in [1.29, 1.82) is 0 Å². The van der Waals surface area contributed by atoms with E-state index in [1.807, 2.05) is 13.0 Å². The Hall–Kier alpha value is -3.40. The Kier molecular flexibility index (Phi) is 10.5. The molecule has 9 nitrogen and oxygen atoms in total. The molecule has 1 fully saturated rings. The smallest absolute Gasteiger partial charge is 0.244 e. The van der Waals surface area contributed by atoms with Gasteiger partial charge in [0.25, 0.3) is 0 Å². The van der Waals surface area contributed by atoms with Crippen molar-refractivity contribution in [2.75, 3.05) is 24.2 Å². The van der Waals surface area contributed by atoms with Gasteiger partial charge in [0.2, 0.25) is 21.8 Å². The normalized spacial score (nSPS) is 14.8. The van der Waals surface area contributed by atoms with Gasteiger partial charge in [-0.05, 0) is 56.0 Å². The van der Waals surface area contributed by atoms with Crippen LogP contribution in [0.25, 0.3) is 0 Å². The van der Waals surface area contributed by atoms with Crippen LogP contribution in [0.4, 0.5) is 5.69 Å². The number of ether oxygens (including phenoxy) is 1. The molecule has 0 radical (unpaired) electrons. The Bertz CT molecular complexity index is 1270. The summed E-state index contributed by atoms with van der Waals surface area (Å²) < 4.78 is 32.0. The maximum Gasteiger partial charge on any atom is 0.244 e. The van der Waals surface area contributed by atoms with Gasteiger partial charge in [-0.25, -0.2) is 8.42 Å². The fourth-order valence-electron chi connectivity index (χ4n) is 4.93. The quantitative estimate of drug-likeness (QED) is 0.396. The first-order valence-corrected chi connectivity index (χ1v) is 15.2. The van der Waals surface area contributed by atoms with E-state index in [0.29, 0.717) is 17.7 Å². The average Bonchev–Trinajstić information content (AvgIpc) is 2.91. The Balaban J connectivity index is 1.95. The van der Waals surface area contributed by atoms with Crippen LogP contribution in [0.2, 0.25) is 0 Å². The highest BCUT2D eigenvalue weighted by Crippen LogP contribution is 2.23. The van der Waals surface area contributed by atoms with Gasteiger partial charge < -0.3 is 15.0 Å². The molecular weight excluding hydrogens is 518 g/mol. The third kappa shape index (κ3) is 8.29. The van der Waals surface area contributed by atoms with E-state index in [1.165, 1.54) is 17.9 Å². The van der Waals surface area contributed by atoms with E-state index in [2.05, 4.69) is 5.32 Å². The number of benzene rings is 2. The lowest BCUT2D eigenvalue weighted by molar-refractivity contribution is -0.140. The van der Waals surface area contributed by atoms with Crippen molar-refractivity contribution in [2.45, 2.75) is 71.0 Å². The Morgan fingerprint density at radius 3 is 2.36 bits per heavy atom. The van der Waals surface area contributed by atoms with Gasteiger partial charge >= 0.3 is 0 Å². The van der Waals surface area contributed by atoms with Crippen LogP contribution in [0.5, 0.6) is 5.75 Å². The minimum absolute atomic E-state index is 0.0657. The van der Waals surface area contributed by atoms with Crippen molar-refractivity contribution in [1.82, 2.24) is 10.2 Å². The molecule has 1 aliphatic carbocycles. The van der Waals surface area contributed by atoms with E-state index in [9.17, 15) is 22.8 Å². The van der Waals surface area contributed by atoms with Gasteiger partial charge in [0.05, 0.1) is 19.1 Å². The molecule has 0 saturated heterocycles. The second-order valence-corrected chi connectivity index (χ2v) is 11.9. The minimum Gasteiger partial charge on any atom is -0.497 e. The molecule has 1 aliphatic rings. The zero-order valence-corrected chi connectivity index (χ0v) is 24.0. The number of sulfonamides is 1. The summed E-state index contributed by atoms with van der Waals surface area (Å²) in [5.41, 5.74) is 1.29. The molecule has 2 amide bonds. The van der Waals surface area contributed by atoms with E-state index in [0.717, 1.165) is 48.2 Å². The van der Waals surface area contributed by atoms with E-state index < -0.39 is 28.5 Å². The van der Waals surface area contributed by atoms with Gasteiger partial charge in [0, 0.05) is 18.2 Å². The number of methoxy groups -OCH3 is 1. The van der Waals surface area contributed by atoms with Crippen LogP contribution in [0, 0.1) is 0 Å². The zero-order valence-electron chi connectivity index (χ0n) is 23.2. The van der Waals surface area contributed by atoms with Gasteiger partial charge in [-0.3, -0.25) is 18.7 Å². The fraction of sp³-hybridized carbons (Fsp3) is 0.483.